The Morgan fingerprint density at radius 1 is 1.35 bits per heavy atom. The molecule has 1 N–H and O–H groups in total. The predicted molar refractivity (Wildman–Crippen MR) is 77.7 cm³/mol. The van der Waals surface area contributed by atoms with Gasteiger partial charge in [0, 0.05) is 29.3 Å². The minimum Gasteiger partial charge on any atom is -0.370 e. The van der Waals surface area contributed by atoms with E-state index in [1.165, 1.54) is 24.9 Å². The summed E-state index contributed by atoms with van der Waals surface area (Å²) in [6.07, 6.45) is 3.76. The highest BCUT2D eigenvalue weighted by Gasteiger charge is 2.16. The molecule has 0 bridgehead atoms. The van der Waals surface area contributed by atoms with E-state index < -0.39 is 0 Å². The summed E-state index contributed by atoms with van der Waals surface area (Å²) in [5.41, 5.74) is 1.35. The summed E-state index contributed by atoms with van der Waals surface area (Å²) in [5, 5.41) is 3.64. The Balaban J connectivity index is 2.05. The lowest BCUT2D eigenvalue weighted by molar-refractivity contribution is 0.502. The summed E-state index contributed by atoms with van der Waals surface area (Å²) in [5.74, 6) is 0. The molecule has 1 heterocycles. The Hall–Kier alpha value is -0.540. The van der Waals surface area contributed by atoms with Crippen LogP contribution < -0.4 is 10.2 Å². The predicted octanol–water partition coefficient (Wildman–Crippen LogP) is 3.42. The van der Waals surface area contributed by atoms with Crippen LogP contribution in [0.4, 0.5) is 5.69 Å². The van der Waals surface area contributed by atoms with Gasteiger partial charge in [-0.15, -0.1) is 0 Å². The van der Waals surface area contributed by atoms with Crippen molar-refractivity contribution < 1.29 is 0 Å². The standard InChI is InChI=1S/C14H21BrN2/c1-2-4-13-11-17(10-3-9-16-13)14-7-5-12(15)6-8-14/h5-8,13,16H,2-4,9-11H2,1H3. The molecule has 94 valence electrons. The molecule has 1 unspecified atom stereocenters. The number of hydrogen-bond acceptors (Lipinski definition) is 2. The average molecular weight is 297 g/mol. The number of anilines is 1. The Morgan fingerprint density at radius 2 is 2.12 bits per heavy atom. The number of benzene rings is 1. The Bertz CT molecular complexity index is 337. The third-order valence-corrected chi connectivity index (χ3v) is 3.84. The van der Waals surface area contributed by atoms with Gasteiger partial charge in [-0.25, -0.2) is 0 Å². The lowest BCUT2D eigenvalue weighted by Crippen LogP contribution is -2.37. The van der Waals surface area contributed by atoms with E-state index in [-0.39, 0.29) is 0 Å². The van der Waals surface area contributed by atoms with Crippen molar-refractivity contribution in [2.45, 2.75) is 32.2 Å². The van der Waals surface area contributed by atoms with Gasteiger partial charge in [-0.3, -0.25) is 0 Å². The van der Waals surface area contributed by atoms with Gasteiger partial charge < -0.3 is 10.2 Å². The molecule has 1 aliphatic rings. The van der Waals surface area contributed by atoms with Crippen LogP contribution in [0.25, 0.3) is 0 Å². The first kappa shape index (κ1) is 12.9. The highest BCUT2D eigenvalue weighted by Crippen LogP contribution is 2.20. The van der Waals surface area contributed by atoms with E-state index in [1.807, 2.05) is 0 Å². The zero-order chi connectivity index (χ0) is 12.1. The molecule has 1 atom stereocenters. The molecule has 2 rings (SSSR count). The molecule has 0 amide bonds. The van der Waals surface area contributed by atoms with Gasteiger partial charge in [0.1, 0.15) is 0 Å². The van der Waals surface area contributed by atoms with Crippen LogP contribution in [0.3, 0.4) is 0 Å². The second-order valence-electron chi connectivity index (χ2n) is 4.72. The van der Waals surface area contributed by atoms with Gasteiger partial charge in [0.15, 0.2) is 0 Å². The minimum absolute atomic E-state index is 0.645. The van der Waals surface area contributed by atoms with Crippen LogP contribution in [0, 0.1) is 0 Å². The van der Waals surface area contributed by atoms with E-state index in [4.69, 9.17) is 0 Å². The fraction of sp³-hybridized carbons (Fsp3) is 0.571. The van der Waals surface area contributed by atoms with E-state index in [9.17, 15) is 0 Å². The van der Waals surface area contributed by atoms with Crippen LogP contribution in [0.5, 0.6) is 0 Å². The van der Waals surface area contributed by atoms with Gasteiger partial charge in [-0.2, -0.15) is 0 Å². The van der Waals surface area contributed by atoms with Crippen molar-refractivity contribution in [2.24, 2.45) is 0 Å². The number of halogens is 1. The van der Waals surface area contributed by atoms with Gasteiger partial charge in [0.05, 0.1) is 0 Å². The molecule has 0 aromatic heterocycles. The molecule has 1 saturated heterocycles. The molecular formula is C14H21BrN2. The van der Waals surface area contributed by atoms with Crippen LogP contribution >= 0.6 is 15.9 Å². The summed E-state index contributed by atoms with van der Waals surface area (Å²) in [6.45, 7) is 5.71. The third-order valence-electron chi connectivity index (χ3n) is 3.31. The Labute approximate surface area is 113 Å². The lowest BCUT2D eigenvalue weighted by atomic mass is 10.1. The molecule has 3 heteroatoms. The molecule has 0 radical (unpaired) electrons. The van der Waals surface area contributed by atoms with E-state index in [1.54, 1.807) is 0 Å². The van der Waals surface area contributed by atoms with Crippen LogP contribution in [0.2, 0.25) is 0 Å². The fourth-order valence-electron chi connectivity index (χ4n) is 2.43. The van der Waals surface area contributed by atoms with Gasteiger partial charge >= 0.3 is 0 Å². The first-order chi connectivity index (χ1) is 8.29. The van der Waals surface area contributed by atoms with Crippen LogP contribution in [-0.2, 0) is 0 Å². The van der Waals surface area contributed by atoms with Crippen molar-refractivity contribution in [3.05, 3.63) is 28.7 Å². The van der Waals surface area contributed by atoms with Crippen LogP contribution in [0.1, 0.15) is 26.2 Å². The zero-order valence-electron chi connectivity index (χ0n) is 10.5. The summed E-state index contributed by atoms with van der Waals surface area (Å²) < 4.78 is 1.15. The fourth-order valence-corrected chi connectivity index (χ4v) is 2.69. The maximum atomic E-state index is 3.64. The second kappa shape index (κ2) is 6.41. The first-order valence-corrected chi connectivity index (χ1v) is 7.33. The van der Waals surface area contributed by atoms with Gasteiger partial charge in [0.25, 0.3) is 0 Å². The number of rotatable bonds is 3. The van der Waals surface area contributed by atoms with Crippen molar-refractivity contribution in [3.8, 4) is 0 Å². The summed E-state index contributed by atoms with van der Waals surface area (Å²) in [6, 6.07) is 9.31. The smallest absolute Gasteiger partial charge is 0.0367 e. The molecule has 0 spiro atoms. The highest BCUT2D eigenvalue weighted by atomic mass is 79.9. The lowest BCUT2D eigenvalue weighted by Gasteiger charge is -2.26. The minimum atomic E-state index is 0.645. The van der Waals surface area contributed by atoms with E-state index >= 15 is 0 Å². The third kappa shape index (κ3) is 3.71. The van der Waals surface area contributed by atoms with Crippen LogP contribution in [0.15, 0.2) is 28.7 Å². The molecule has 1 fully saturated rings. The molecule has 1 aliphatic heterocycles. The molecule has 0 aliphatic carbocycles. The number of nitrogens with zero attached hydrogens (tertiary/aromatic N) is 1. The zero-order valence-corrected chi connectivity index (χ0v) is 12.0. The van der Waals surface area contributed by atoms with Crippen molar-refractivity contribution in [1.29, 1.82) is 0 Å². The maximum Gasteiger partial charge on any atom is 0.0367 e. The number of hydrogen-bond donors (Lipinski definition) is 1. The molecule has 0 saturated carbocycles. The summed E-state index contributed by atoms with van der Waals surface area (Å²) >= 11 is 3.49. The average Bonchev–Trinajstić information content (AvgIpc) is 2.56. The Kier molecular flexibility index (Phi) is 4.86. The van der Waals surface area contributed by atoms with Gasteiger partial charge in [-0.1, -0.05) is 29.3 Å². The first-order valence-electron chi connectivity index (χ1n) is 6.53. The molecule has 1 aromatic rings. The molecule has 17 heavy (non-hydrogen) atoms. The topological polar surface area (TPSA) is 15.3 Å². The molecule has 1 aromatic carbocycles. The van der Waals surface area contributed by atoms with E-state index in [0.717, 1.165) is 24.1 Å². The monoisotopic (exact) mass is 296 g/mol. The normalized spacial score (nSPS) is 21.3. The maximum absolute atomic E-state index is 3.64. The van der Waals surface area contributed by atoms with Crippen LogP contribution in [-0.4, -0.2) is 25.7 Å². The molecule has 2 nitrogen and oxygen atoms in total. The van der Waals surface area contributed by atoms with Gasteiger partial charge in [-0.05, 0) is 43.7 Å². The number of nitrogens with one attached hydrogen (secondary N) is 1. The SMILES string of the molecule is CCCC1CN(c2ccc(Br)cc2)CCCN1. The van der Waals surface area contributed by atoms with E-state index in [0.29, 0.717) is 6.04 Å². The summed E-state index contributed by atoms with van der Waals surface area (Å²) in [4.78, 5) is 2.51. The highest BCUT2D eigenvalue weighted by molar-refractivity contribution is 9.10. The van der Waals surface area contributed by atoms with Crippen molar-refractivity contribution in [2.75, 3.05) is 24.5 Å². The summed E-state index contributed by atoms with van der Waals surface area (Å²) in [7, 11) is 0. The second-order valence-corrected chi connectivity index (χ2v) is 5.63. The largest absolute Gasteiger partial charge is 0.370 e. The quantitative estimate of drug-likeness (QED) is 0.919. The van der Waals surface area contributed by atoms with E-state index in [2.05, 4.69) is 57.3 Å². The van der Waals surface area contributed by atoms with Crippen molar-refractivity contribution in [1.82, 2.24) is 5.32 Å². The van der Waals surface area contributed by atoms with Crippen molar-refractivity contribution >= 4 is 21.6 Å². The van der Waals surface area contributed by atoms with Gasteiger partial charge in [0.2, 0.25) is 0 Å². The molecular weight excluding hydrogens is 276 g/mol. The Morgan fingerprint density at radius 3 is 2.82 bits per heavy atom. The van der Waals surface area contributed by atoms with Crippen molar-refractivity contribution in [3.63, 3.8) is 0 Å².